The summed E-state index contributed by atoms with van der Waals surface area (Å²) in [6.07, 6.45) is 0.874. The van der Waals surface area contributed by atoms with Gasteiger partial charge in [0.2, 0.25) is 0 Å². The summed E-state index contributed by atoms with van der Waals surface area (Å²) in [7, 11) is 0. The first-order chi connectivity index (χ1) is 25.7. The highest BCUT2D eigenvalue weighted by Crippen LogP contribution is 2.43. The van der Waals surface area contributed by atoms with E-state index in [9.17, 15) is 0 Å². The lowest BCUT2D eigenvalue weighted by atomic mass is 9.81. The second-order valence-corrected chi connectivity index (χ2v) is 14.6. The van der Waals surface area contributed by atoms with Crippen molar-refractivity contribution in [3.8, 4) is 22.3 Å². The van der Waals surface area contributed by atoms with Crippen molar-refractivity contribution in [3.05, 3.63) is 180 Å². The van der Waals surface area contributed by atoms with E-state index >= 15 is 0 Å². The summed E-state index contributed by atoms with van der Waals surface area (Å²) >= 11 is 1.83. The van der Waals surface area contributed by atoms with E-state index in [0.717, 1.165) is 62.2 Å². The van der Waals surface area contributed by atoms with Crippen LogP contribution in [0.2, 0.25) is 0 Å². The molecule has 1 aliphatic rings. The number of hydrogen-bond acceptors (Lipinski definition) is 4. The highest BCUT2D eigenvalue weighted by atomic mass is 32.1. The van der Waals surface area contributed by atoms with Crippen LogP contribution in [0.5, 0.6) is 0 Å². The van der Waals surface area contributed by atoms with E-state index in [4.69, 9.17) is 14.4 Å². The number of para-hydroxylation sites is 1. The lowest BCUT2D eigenvalue weighted by Crippen LogP contribution is -2.28. The average Bonchev–Trinajstić information content (AvgIpc) is 3.79. The van der Waals surface area contributed by atoms with Crippen LogP contribution in [-0.4, -0.2) is 11.5 Å². The molecule has 10 rings (SSSR count). The van der Waals surface area contributed by atoms with Crippen LogP contribution < -0.4 is 0 Å². The van der Waals surface area contributed by atoms with Gasteiger partial charge in [-0.15, -0.1) is 11.3 Å². The average molecular weight is 687 g/mol. The molecule has 0 saturated carbocycles. The molecule has 1 aliphatic heterocycles. The van der Waals surface area contributed by atoms with Crippen molar-refractivity contribution in [3.63, 3.8) is 0 Å². The van der Waals surface area contributed by atoms with Gasteiger partial charge in [0.25, 0.3) is 0 Å². The zero-order valence-corrected chi connectivity index (χ0v) is 29.5. The fraction of sp³-hybridized carbons (Fsp3) is 0.0833. The van der Waals surface area contributed by atoms with Crippen molar-refractivity contribution in [1.82, 2.24) is 0 Å². The van der Waals surface area contributed by atoms with Gasteiger partial charge in [-0.1, -0.05) is 140 Å². The van der Waals surface area contributed by atoms with Gasteiger partial charge in [-0.3, -0.25) is 4.99 Å². The van der Waals surface area contributed by atoms with Gasteiger partial charge in [0.1, 0.15) is 11.2 Å². The Morgan fingerprint density at radius 1 is 0.538 bits per heavy atom. The Bertz CT molecular complexity index is 2830. The number of fused-ring (bicyclic) bond motifs is 6. The van der Waals surface area contributed by atoms with E-state index in [2.05, 4.69) is 165 Å². The Hall–Kier alpha value is -6.10. The molecule has 2 atom stereocenters. The molecule has 4 heteroatoms. The number of furan rings is 1. The van der Waals surface area contributed by atoms with Crippen LogP contribution >= 0.6 is 11.3 Å². The molecule has 0 radical (unpaired) electrons. The molecule has 7 aromatic carbocycles. The number of benzene rings is 7. The molecule has 0 fully saturated rings. The largest absolute Gasteiger partial charge is 0.456 e. The van der Waals surface area contributed by atoms with Crippen LogP contribution in [0.15, 0.2) is 178 Å². The molecule has 9 aromatic rings. The molecule has 248 valence electrons. The molecule has 0 saturated heterocycles. The Labute approximate surface area is 306 Å². The van der Waals surface area contributed by atoms with E-state index in [-0.39, 0.29) is 12.0 Å². The summed E-state index contributed by atoms with van der Waals surface area (Å²) in [5.74, 6) is 0.810. The lowest BCUT2D eigenvalue weighted by Gasteiger charge is -2.30. The van der Waals surface area contributed by atoms with E-state index in [1.165, 1.54) is 36.9 Å². The predicted molar refractivity (Wildman–Crippen MR) is 220 cm³/mol. The maximum absolute atomic E-state index is 6.60. The highest BCUT2D eigenvalue weighted by Gasteiger charge is 2.34. The second kappa shape index (κ2) is 12.6. The summed E-state index contributed by atoms with van der Waals surface area (Å²) in [5, 5.41) is 4.66. The third kappa shape index (κ3) is 5.10. The minimum Gasteiger partial charge on any atom is -0.456 e. The highest BCUT2D eigenvalue weighted by molar-refractivity contribution is 7.25. The Kier molecular flexibility index (Phi) is 7.43. The van der Waals surface area contributed by atoms with Gasteiger partial charge in [-0.25, -0.2) is 4.99 Å². The summed E-state index contributed by atoms with van der Waals surface area (Å²) in [6, 6.07) is 58.2. The third-order valence-corrected chi connectivity index (χ3v) is 11.7. The van der Waals surface area contributed by atoms with Crippen molar-refractivity contribution in [1.29, 1.82) is 0 Å². The predicted octanol–water partition coefficient (Wildman–Crippen LogP) is 13.3. The molecular formula is C48H34N2OS. The zero-order valence-electron chi connectivity index (χ0n) is 28.7. The Morgan fingerprint density at radius 2 is 1.19 bits per heavy atom. The van der Waals surface area contributed by atoms with Gasteiger partial charge in [0.15, 0.2) is 5.84 Å². The van der Waals surface area contributed by atoms with E-state index in [0.29, 0.717) is 0 Å². The molecule has 52 heavy (non-hydrogen) atoms. The first-order valence-corrected chi connectivity index (χ1v) is 18.8. The minimum atomic E-state index is -0.133. The maximum Gasteiger partial charge on any atom is 0.156 e. The van der Waals surface area contributed by atoms with Crippen LogP contribution in [0, 0.1) is 5.92 Å². The normalized spacial score (nSPS) is 16.1. The van der Waals surface area contributed by atoms with E-state index in [1.54, 1.807) is 0 Å². The van der Waals surface area contributed by atoms with Crippen LogP contribution in [0.3, 0.4) is 0 Å². The van der Waals surface area contributed by atoms with Gasteiger partial charge in [-0.05, 0) is 64.6 Å². The number of amidine groups is 1. The SMILES string of the molecule is CCC1C(c2cc(-c3ccccc3)cc3oc4ccccc4c23)=NC(c2cccc3sc4ccccc4c23)=NC1c1ccc(-c2ccccc2)cc1. The Morgan fingerprint density at radius 3 is 1.96 bits per heavy atom. The van der Waals surface area contributed by atoms with Crippen LogP contribution in [-0.2, 0) is 0 Å². The molecule has 0 spiro atoms. The number of nitrogens with zero attached hydrogens (tertiary/aromatic N) is 2. The maximum atomic E-state index is 6.60. The Balaban J connectivity index is 1.24. The number of rotatable bonds is 6. The first kappa shape index (κ1) is 30.7. The molecule has 2 aromatic heterocycles. The molecule has 0 N–H and O–H groups in total. The van der Waals surface area contributed by atoms with Crippen LogP contribution in [0.1, 0.15) is 36.1 Å². The van der Waals surface area contributed by atoms with Crippen molar-refractivity contribution >= 4 is 65.0 Å². The molecular weight excluding hydrogens is 653 g/mol. The monoisotopic (exact) mass is 686 g/mol. The molecule has 0 bridgehead atoms. The summed E-state index contributed by atoms with van der Waals surface area (Å²) < 4.78 is 9.12. The summed E-state index contributed by atoms with van der Waals surface area (Å²) in [4.78, 5) is 11.3. The van der Waals surface area contributed by atoms with Gasteiger partial charge in [-0.2, -0.15) is 0 Å². The van der Waals surface area contributed by atoms with Gasteiger partial charge in [0.05, 0.1) is 11.8 Å². The summed E-state index contributed by atoms with van der Waals surface area (Å²) in [5.41, 5.74) is 10.8. The van der Waals surface area contributed by atoms with E-state index in [1.807, 2.05) is 17.4 Å². The van der Waals surface area contributed by atoms with Crippen molar-refractivity contribution < 1.29 is 4.42 Å². The zero-order chi connectivity index (χ0) is 34.6. The number of hydrogen-bond donors (Lipinski definition) is 0. The molecule has 0 amide bonds. The number of thiophene rings is 1. The van der Waals surface area contributed by atoms with Gasteiger partial charge >= 0.3 is 0 Å². The molecule has 3 heterocycles. The third-order valence-electron chi connectivity index (χ3n) is 10.5. The topological polar surface area (TPSA) is 37.9 Å². The van der Waals surface area contributed by atoms with Crippen LogP contribution in [0.25, 0.3) is 64.4 Å². The van der Waals surface area contributed by atoms with Gasteiger partial charge < -0.3 is 4.42 Å². The lowest BCUT2D eigenvalue weighted by molar-refractivity contribution is 0.533. The van der Waals surface area contributed by atoms with Crippen molar-refractivity contribution in [2.24, 2.45) is 15.9 Å². The second-order valence-electron chi connectivity index (χ2n) is 13.5. The first-order valence-electron chi connectivity index (χ1n) is 18.0. The fourth-order valence-corrected chi connectivity index (χ4v) is 9.16. The van der Waals surface area contributed by atoms with E-state index < -0.39 is 0 Å². The minimum absolute atomic E-state index is 0.0348. The molecule has 2 unspecified atom stereocenters. The quantitative estimate of drug-likeness (QED) is 0.172. The van der Waals surface area contributed by atoms with Crippen molar-refractivity contribution in [2.75, 3.05) is 0 Å². The van der Waals surface area contributed by atoms with Gasteiger partial charge in [0, 0.05) is 48.0 Å². The summed E-state index contributed by atoms with van der Waals surface area (Å²) in [6.45, 7) is 2.27. The van der Waals surface area contributed by atoms with Crippen LogP contribution in [0.4, 0.5) is 0 Å². The van der Waals surface area contributed by atoms with Crippen molar-refractivity contribution in [2.45, 2.75) is 19.4 Å². The number of aliphatic imine (C=N–C) groups is 2. The fourth-order valence-electron chi connectivity index (χ4n) is 8.03. The molecule has 3 nitrogen and oxygen atoms in total. The smallest absolute Gasteiger partial charge is 0.156 e. The standard InChI is InChI=1S/C48H34N2OS/c1-2-35-46(33-26-24-32(25-27-33)30-14-5-3-6-15-30)49-48(38-20-13-23-43-45(38)37-19-10-12-22-42(37)52-43)50-47(35)39-28-34(31-16-7-4-8-17-31)29-41-44(39)36-18-9-11-21-40(36)51-41/h3-29,35,46H,2H2,1H3. The molecule has 0 aliphatic carbocycles.